The molecule has 1 aliphatic rings. The number of amides is 2. The molecule has 3 aromatic carbocycles. The van der Waals surface area contributed by atoms with Gasteiger partial charge in [-0.1, -0.05) is 93.6 Å². The topological polar surface area (TPSA) is 172 Å². The van der Waals surface area contributed by atoms with E-state index in [-0.39, 0.29) is 33.9 Å². The Bertz CT molecular complexity index is 2520. The van der Waals surface area contributed by atoms with Gasteiger partial charge in [-0.15, -0.1) is 0 Å². The number of aromatic nitrogens is 4. The van der Waals surface area contributed by atoms with E-state index in [1.165, 1.54) is 6.33 Å². The maximum absolute atomic E-state index is 13.9. The minimum atomic E-state index is -2.79. The van der Waals surface area contributed by atoms with Crippen LogP contribution >= 0.6 is 11.6 Å². The third-order valence-corrected chi connectivity index (χ3v) is 16.1. The zero-order valence-corrected chi connectivity index (χ0v) is 44.0. The van der Waals surface area contributed by atoms with Gasteiger partial charge in [0.15, 0.2) is 37.6 Å². The number of rotatable bonds is 12. The number of benzene rings is 3. The van der Waals surface area contributed by atoms with Gasteiger partial charge < -0.3 is 37.6 Å². The van der Waals surface area contributed by atoms with Crippen molar-refractivity contribution in [2.45, 2.75) is 148 Å². The molecular weight excluding hydrogens is 922 g/mol. The number of nitrogens with zero attached hydrogens (tertiary/aromatic N) is 5. The van der Waals surface area contributed by atoms with Crippen molar-refractivity contribution in [1.29, 1.82) is 0 Å². The molecule has 1 aliphatic heterocycles. The van der Waals surface area contributed by atoms with Gasteiger partial charge in [0.25, 0.3) is 0 Å². The fourth-order valence-corrected chi connectivity index (χ4v) is 8.89. The summed E-state index contributed by atoms with van der Waals surface area (Å²) in [7, 11) is -1.18. The number of carbonyl (C=O) groups is 3. The molecule has 16 nitrogen and oxygen atoms in total. The number of anilines is 1. The molecule has 0 saturated carbocycles. The average molecular weight is 989 g/mol. The molecule has 3 heterocycles. The monoisotopic (exact) mass is 987 g/mol. The SMILES string of the molecule is COc1ccc(C(OC[C@H]2O[C@@H](n3cnc4c(N(C(=O)OC(C)(C)C)C(=O)OC(C)(C)C)nc(Cl)nc43)[C@H](O[Si](C)(C)C(C)(C)C)[C@H]2OC(=O)OC(C)(C)C)(c2ccccc2)c2ccccc2)cc1. The summed E-state index contributed by atoms with van der Waals surface area (Å²) in [6, 6.07) is 27.2. The third-order valence-electron chi connectivity index (χ3n) is 11.5. The predicted octanol–water partition coefficient (Wildman–Crippen LogP) is 11.8. The van der Waals surface area contributed by atoms with Gasteiger partial charge >= 0.3 is 18.3 Å². The van der Waals surface area contributed by atoms with E-state index in [0.29, 0.717) is 10.6 Å². The van der Waals surface area contributed by atoms with Gasteiger partial charge in [0.05, 0.1) is 20.0 Å². The maximum atomic E-state index is 13.9. The molecular formula is C51H66ClN5O11Si. The summed E-state index contributed by atoms with van der Waals surface area (Å²) >= 11 is 6.69. The first-order valence-corrected chi connectivity index (χ1v) is 26.1. The highest BCUT2D eigenvalue weighted by molar-refractivity contribution is 6.74. The number of hydrogen-bond donors (Lipinski definition) is 0. The van der Waals surface area contributed by atoms with Crippen LogP contribution in [0.1, 0.15) is 106 Å². The van der Waals surface area contributed by atoms with Crippen molar-refractivity contribution in [2.24, 2.45) is 0 Å². The maximum Gasteiger partial charge on any atom is 0.509 e. The molecule has 2 amide bonds. The van der Waals surface area contributed by atoms with Crippen LogP contribution in [0.4, 0.5) is 20.2 Å². The molecule has 1 saturated heterocycles. The quantitative estimate of drug-likeness (QED) is 0.0380. The Morgan fingerprint density at radius 3 is 1.70 bits per heavy atom. The molecule has 69 heavy (non-hydrogen) atoms. The minimum absolute atomic E-state index is 0.0261. The van der Waals surface area contributed by atoms with Crippen LogP contribution in [0.2, 0.25) is 23.4 Å². The lowest BCUT2D eigenvalue weighted by atomic mass is 9.80. The van der Waals surface area contributed by atoms with Gasteiger partial charge in [0.1, 0.15) is 40.4 Å². The summed E-state index contributed by atoms with van der Waals surface area (Å²) in [6.45, 7) is 25.4. The van der Waals surface area contributed by atoms with E-state index in [0.717, 1.165) is 16.7 Å². The molecule has 1 fully saturated rings. The van der Waals surface area contributed by atoms with E-state index in [4.69, 9.17) is 49.2 Å². The second-order valence-electron chi connectivity index (χ2n) is 21.3. The van der Waals surface area contributed by atoms with Crippen LogP contribution in [0.5, 0.6) is 5.75 Å². The highest BCUT2D eigenvalue weighted by Gasteiger charge is 2.55. The molecule has 0 spiro atoms. The number of methoxy groups -OCH3 is 1. The zero-order chi connectivity index (χ0) is 50.9. The predicted molar refractivity (Wildman–Crippen MR) is 264 cm³/mol. The van der Waals surface area contributed by atoms with Crippen LogP contribution in [0.15, 0.2) is 91.3 Å². The van der Waals surface area contributed by atoms with E-state index in [1.807, 2.05) is 84.9 Å². The summed E-state index contributed by atoms with van der Waals surface area (Å²) < 4.78 is 52.3. The van der Waals surface area contributed by atoms with Gasteiger partial charge in [-0.2, -0.15) is 14.9 Å². The summed E-state index contributed by atoms with van der Waals surface area (Å²) in [5.41, 5.74) is -1.77. The van der Waals surface area contributed by atoms with E-state index in [9.17, 15) is 14.4 Å². The molecule has 5 aromatic rings. The second kappa shape index (κ2) is 20.0. The summed E-state index contributed by atoms with van der Waals surface area (Å²) in [4.78, 5) is 56.0. The first-order valence-electron chi connectivity index (χ1n) is 22.8. The van der Waals surface area contributed by atoms with Crippen LogP contribution in [-0.2, 0) is 38.4 Å². The van der Waals surface area contributed by atoms with E-state index < -0.39 is 73.6 Å². The molecule has 2 aromatic heterocycles. The fraction of sp³-hybridized carbons (Fsp3) is 0.490. The largest absolute Gasteiger partial charge is 0.509 e. The molecule has 0 aliphatic carbocycles. The molecule has 6 rings (SSSR count). The van der Waals surface area contributed by atoms with E-state index in [1.54, 1.807) is 74.0 Å². The third kappa shape index (κ3) is 12.2. The number of fused-ring (bicyclic) bond motifs is 1. The molecule has 372 valence electrons. The first kappa shape index (κ1) is 52.8. The van der Waals surface area contributed by atoms with Crippen LogP contribution in [-0.4, -0.2) is 95.0 Å². The van der Waals surface area contributed by atoms with Crippen LogP contribution in [0, 0.1) is 0 Å². The summed E-state index contributed by atoms with van der Waals surface area (Å²) in [5, 5.41) is -0.684. The number of carbonyl (C=O) groups excluding carboxylic acids is 3. The Morgan fingerprint density at radius 1 is 0.710 bits per heavy atom. The van der Waals surface area contributed by atoms with Crippen molar-refractivity contribution in [1.82, 2.24) is 19.5 Å². The van der Waals surface area contributed by atoms with Crippen LogP contribution in [0.25, 0.3) is 11.2 Å². The molecule has 18 heteroatoms. The molecule has 0 radical (unpaired) electrons. The highest BCUT2D eigenvalue weighted by Crippen LogP contribution is 2.46. The first-order chi connectivity index (χ1) is 32.0. The fourth-order valence-electron chi connectivity index (χ4n) is 7.45. The lowest BCUT2D eigenvalue weighted by Gasteiger charge is -2.40. The van der Waals surface area contributed by atoms with E-state index >= 15 is 0 Å². The van der Waals surface area contributed by atoms with Crippen molar-refractivity contribution in [2.75, 3.05) is 18.6 Å². The Morgan fingerprint density at radius 2 is 1.22 bits per heavy atom. The molecule has 0 unspecified atom stereocenters. The Kier molecular flexibility index (Phi) is 15.3. The molecule has 0 bridgehead atoms. The standard InChI is InChI=1S/C51H66ClN5O11Si/c1-47(2,3)65-44(58)57(45(59)66-48(4,5)6)41-37-40(54-43(52)55-41)56(31-53-37)42-39(68-69(14,15)50(10,11)12)38(64-46(60)67-49(7,8)9)36(63-42)30-62-51(32-22-18-16-19-23-32,33-24-20-17-21-25-33)34-26-28-35(61-13)29-27-34/h16-29,31,36,38-39,42H,30H2,1-15H3/t36-,38+,39-,42-/m1/s1. The number of imidazole rings is 1. The van der Waals surface area contributed by atoms with Crippen LogP contribution in [0.3, 0.4) is 0 Å². The lowest BCUT2D eigenvalue weighted by molar-refractivity contribution is -0.103. The normalized spacial score (nSPS) is 18.1. The summed E-state index contributed by atoms with van der Waals surface area (Å²) in [6.07, 6.45) is -6.13. The van der Waals surface area contributed by atoms with Gasteiger partial charge in [-0.05, 0) is 121 Å². The van der Waals surface area contributed by atoms with Gasteiger partial charge in [0, 0.05) is 0 Å². The van der Waals surface area contributed by atoms with Crippen molar-refractivity contribution < 1.29 is 52.0 Å². The second-order valence-corrected chi connectivity index (χ2v) is 26.4. The average Bonchev–Trinajstić information content (AvgIpc) is 3.79. The number of hydrogen-bond acceptors (Lipinski definition) is 14. The number of halogens is 1. The smallest absolute Gasteiger partial charge is 0.497 e. The minimum Gasteiger partial charge on any atom is -0.497 e. The Balaban J connectivity index is 1.56. The van der Waals surface area contributed by atoms with Gasteiger partial charge in [0.2, 0.25) is 5.28 Å². The van der Waals surface area contributed by atoms with Crippen LogP contribution < -0.4 is 9.64 Å². The molecule has 0 N–H and O–H groups in total. The van der Waals surface area contributed by atoms with Crippen molar-refractivity contribution in [3.8, 4) is 5.75 Å². The summed E-state index contributed by atoms with van der Waals surface area (Å²) in [5.74, 6) is 0.357. The Labute approximate surface area is 411 Å². The Hall–Kier alpha value is -5.59. The number of imide groups is 1. The van der Waals surface area contributed by atoms with E-state index in [2.05, 4.69) is 48.8 Å². The number of ether oxygens (including phenoxy) is 7. The molecule has 4 atom stereocenters. The van der Waals surface area contributed by atoms with Crippen molar-refractivity contribution in [3.63, 3.8) is 0 Å². The highest BCUT2D eigenvalue weighted by atomic mass is 35.5. The van der Waals surface area contributed by atoms with Crippen molar-refractivity contribution in [3.05, 3.63) is 113 Å². The van der Waals surface area contributed by atoms with Crippen molar-refractivity contribution >= 4 is 55.2 Å². The zero-order valence-electron chi connectivity index (χ0n) is 42.3. The lowest BCUT2D eigenvalue weighted by Crippen LogP contribution is -2.50. The van der Waals surface area contributed by atoms with Gasteiger partial charge in [-0.3, -0.25) is 4.57 Å². The van der Waals surface area contributed by atoms with Gasteiger partial charge in [-0.25, -0.2) is 19.4 Å².